The van der Waals surface area contributed by atoms with Crippen molar-refractivity contribution in [3.63, 3.8) is 0 Å². The molecule has 0 aromatic heterocycles. The van der Waals surface area contributed by atoms with Crippen molar-refractivity contribution >= 4 is 23.8 Å². The van der Waals surface area contributed by atoms with Crippen LogP contribution in [0.1, 0.15) is 20.8 Å². The molecule has 0 aliphatic rings. The van der Waals surface area contributed by atoms with Crippen molar-refractivity contribution < 1.29 is 9.90 Å². The maximum absolute atomic E-state index is 11.0. The zero-order valence-corrected chi connectivity index (χ0v) is 10.2. The second kappa shape index (κ2) is 4.86. The van der Waals surface area contributed by atoms with E-state index in [1.54, 1.807) is 45.0 Å². The van der Waals surface area contributed by atoms with Crippen molar-refractivity contribution in [3.8, 4) is 0 Å². The third-order valence-corrected chi connectivity index (χ3v) is 2.12. The summed E-state index contributed by atoms with van der Waals surface area (Å²) in [6, 6.07) is 6.96. The number of hydrogen-bond donors (Lipinski definition) is 2. The Morgan fingerprint density at radius 3 is 2.59 bits per heavy atom. The van der Waals surface area contributed by atoms with Crippen molar-refractivity contribution in [2.24, 2.45) is 4.99 Å². The summed E-state index contributed by atoms with van der Waals surface area (Å²) < 4.78 is 0. The zero-order valence-electron chi connectivity index (χ0n) is 10.2. The average molecular weight is 235 g/mol. The third-order valence-electron chi connectivity index (χ3n) is 2.12. The Hall–Kier alpha value is -2.04. The van der Waals surface area contributed by atoms with Gasteiger partial charge in [-0.1, -0.05) is 6.07 Å². The minimum Gasteiger partial charge on any atom is -0.465 e. The molecule has 0 aliphatic carbocycles. The highest BCUT2D eigenvalue weighted by Gasteiger charge is 2.24. The van der Waals surface area contributed by atoms with Crippen molar-refractivity contribution in [3.05, 3.63) is 24.3 Å². The van der Waals surface area contributed by atoms with Gasteiger partial charge in [-0.15, -0.1) is 0 Å². The normalized spacial score (nSPS) is 11.7. The van der Waals surface area contributed by atoms with Crippen molar-refractivity contribution in [1.29, 1.82) is 0 Å². The Morgan fingerprint density at radius 2 is 2.12 bits per heavy atom. The molecule has 0 spiro atoms. The largest absolute Gasteiger partial charge is 0.465 e. The second-order valence-corrected chi connectivity index (χ2v) is 4.66. The minimum absolute atomic E-state index is 0.532. The highest BCUT2D eigenvalue weighted by atomic mass is 16.4. The van der Waals surface area contributed by atoms with Gasteiger partial charge in [-0.2, -0.15) is 0 Å². The Kier molecular flexibility index (Phi) is 3.73. The van der Waals surface area contributed by atoms with Crippen LogP contribution in [0.25, 0.3) is 0 Å². The van der Waals surface area contributed by atoms with Crippen LogP contribution >= 0.6 is 0 Å². The van der Waals surface area contributed by atoms with E-state index in [2.05, 4.69) is 4.99 Å². The van der Waals surface area contributed by atoms with E-state index in [1.807, 2.05) is 0 Å². The molecule has 17 heavy (non-hydrogen) atoms. The number of nitrogens with two attached hydrogens (primary N) is 1. The number of hydrogen-bond acceptors (Lipinski definition) is 3. The first-order valence-electron chi connectivity index (χ1n) is 5.22. The molecule has 0 fully saturated rings. The molecule has 0 saturated heterocycles. The highest BCUT2D eigenvalue weighted by Crippen LogP contribution is 2.17. The fourth-order valence-electron chi connectivity index (χ4n) is 1.24. The molecule has 0 atom stereocenters. The molecule has 92 valence electrons. The number of benzene rings is 1. The van der Waals surface area contributed by atoms with Crippen LogP contribution in [-0.2, 0) is 0 Å². The van der Waals surface area contributed by atoms with Gasteiger partial charge >= 0.3 is 6.09 Å². The number of aliphatic imine (C=N–C) groups is 1. The van der Waals surface area contributed by atoms with E-state index in [1.165, 1.54) is 6.34 Å². The number of carbonyl (C=O) groups is 1. The number of nitrogen functional groups attached to an aromatic ring is 1. The lowest BCUT2D eigenvalue weighted by Gasteiger charge is -2.28. The van der Waals surface area contributed by atoms with Gasteiger partial charge in [0.25, 0.3) is 0 Å². The van der Waals surface area contributed by atoms with Crippen molar-refractivity contribution in [1.82, 2.24) is 4.90 Å². The molecule has 0 heterocycles. The predicted octanol–water partition coefficient (Wildman–Crippen LogP) is 2.71. The molecule has 0 radical (unpaired) electrons. The standard InChI is InChI=1S/C12H17N3O2/c1-12(2,3)15(11(16)17)8-14-10-6-4-5-9(13)7-10/h4-8H,13H2,1-3H3,(H,16,17). The van der Waals surface area contributed by atoms with Crippen molar-refractivity contribution in [2.75, 3.05) is 5.73 Å². The molecule has 0 bridgehead atoms. The van der Waals surface area contributed by atoms with Gasteiger partial charge < -0.3 is 10.8 Å². The summed E-state index contributed by atoms with van der Waals surface area (Å²) >= 11 is 0. The third kappa shape index (κ3) is 3.79. The smallest absolute Gasteiger partial charge is 0.413 e. The monoisotopic (exact) mass is 235 g/mol. The molecular formula is C12H17N3O2. The number of nitrogens with zero attached hydrogens (tertiary/aromatic N) is 2. The lowest BCUT2D eigenvalue weighted by Crippen LogP contribution is -2.43. The Labute approximate surface area is 101 Å². The molecule has 5 heteroatoms. The van der Waals surface area contributed by atoms with Gasteiger partial charge in [0.1, 0.15) is 6.34 Å². The number of carboxylic acid groups (broad SMARTS) is 1. The van der Waals surface area contributed by atoms with Gasteiger partial charge in [0.05, 0.1) is 5.69 Å². The first-order chi connectivity index (χ1) is 7.80. The van der Waals surface area contributed by atoms with Crippen LogP contribution in [0.4, 0.5) is 16.2 Å². The van der Waals surface area contributed by atoms with Crippen LogP contribution in [0, 0.1) is 0 Å². The summed E-state index contributed by atoms with van der Waals surface area (Å²) in [6.07, 6.45) is 0.266. The van der Waals surface area contributed by atoms with Crippen LogP contribution in [-0.4, -0.2) is 28.0 Å². The summed E-state index contributed by atoms with van der Waals surface area (Å²) in [5, 5.41) is 9.05. The summed E-state index contributed by atoms with van der Waals surface area (Å²) in [5.41, 5.74) is 6.29. The van der Waals surface area contributed by atoms with Gasteiger partial charge in [0.15, 0.2) is 0 Å². The van der Waals surface area contributed by atoms with Crippen LogP contribution in [0.3, 0.4) is 0 Å². The van der Waals surface area contributed by atoms with E-state index in [9.17, 15) is 4.79 Å². The van der Waals surface area contributed by atoms with Crippen LogP contribution in [0.2, 0.25) is 0 Å². The molecular weight excluding hydrogens is 218 g/mol. The number of anilines is 1. The van der Waals surface area contributed by atoms with Crippen LogP contribution in [0.5, 0.6) is 0 Å². The van der Waals surface area contributed by atoms with E-state index in [0.717, 1.165) is 4.90 Å². The molecule has 3 N–H and O–H groups in total. The van der Waals surface area contributed by atoms with E-state index >= 15 is 0 Å². The maximum atomic E-state index is 11.0. The highest BCUT2D eigenvalue weighted by molar-refractivity contribution is 5.83. The molecule has 1 amide bonds. The molecule has 0 saturated carbocycles. The van der Waals surface area contributed by atoms with E-state index in [-0.39, 0.29) is 0 Å². The first kappa shape index (κ1) is 13.0. The number of rotatable bonds is 2. The van der Waals surface area contributed by atoms with Crippen molar-refractivity contribution in [2.45, 2.75) is 26.3 Å². The summed E-state index contributed by atoms with van der Waals surface area (Å²) in [4.78, 5) is 16.3. The maximum Gasteiger partial charge on any atom is 0.413 e. The molecule has 1 aromatic rings. The molecule has 1 aromatic carbocycles. The topological polar surface area (TPSA) is 78.9 Å². The molecule has 0 unspecified atom stereocenters. The van der Waals surface area contributed by atoms with Gasteiger partial charge in [-0.05, 0) is 39.0 Å². The van der Waals surface area contributed by atoms with Crippen LogP contribution in [0.15, 0.2) is 29.3 Å². The zero-order chi connectivity index (χ0) is 13.1. The Morgan fingerprint density at radius 1 is 1.47 bits per heavy atom. The van der Waals surface area contributed by atoms with Crippen LogP contribution < -0.4 is 5.73 Å². The summed E-state index contributed by atoms with van der Waals surface area (Å²) in [6.45, 7) is 5.39. The van der Waals surface area contributed by atoms with Gasteiger partial charge in [-0.3, -0.25) is 4.90 Å². The van der Waals surface area contributed by atoms with Gasteiger partial charge in [-0.25, -0.2) is 9.79 Å². The predicted molar refractivity (Wildman–Crippen MR) is 68.6 cm³/mol. The van der Waals surface area contributed by atoms with E-state index in [0.29, 0.717) is 11.4 Å². The fourth-order valence-corrected chi connectivity index (χ4v) is 1.24. The van der Waals surface area contributed by atoms with Gasteiger partial charge in [0, 0.05) is 11.2 Å². The Balaban J connectivity index is 2.91. The average Bonchev–Trinajstić information content (AvgIpc) is 2.15. The molecule has 5 nitrogen and oxygen atoms in total. The Bertz CT molecular complexity index is 436. The fraction of sp³-hybridized carbons (Fsp3) is 0.333. The molecule has 1 rings (SSSR count). The molecule has 0 aliphatic heterocycles. The minimum atomic E-state index is -1.04. The summed E-state index contributed by atoms with van der Waals surface area (Å²) in [5.74, 6) is 0. The van der Waals surface area contributed by atoms with Gasteiger partial charge in [0.2, 0.25) is 0 Å². The quantitative estimate of drug-likeness (QED) is 0.470. The lowest BCUT2D eigenvalue weighted by molar-refractivity contribution is 0.143. The van der Waals surface area contributed by atoms with E-state index < -0.39 is 11.6 Å². The summed E-state index contributed by atoms with van der Waals surface area (Å²) in [7, 11) is 0. The lowest BCUT2D eigenvalue weighted by atomic mass is 10.1. The number of amides is 1. The SMILES string of the molecule is CC(C)(C)N(C=Nc1cccc(N)c1)C(=O)O. The first-order valence-corrected chi connectivity index (χ1v) is 5.22. The second-order valence-electron chi connectivity index (χ2n) is 4.66. The van der Waals surface area contributed by atoms with E-state index in [4.69, 9.17) is 10.8 Å².